The predicted octanol–water partition coefficient (Wildman–Crippen LogP) is 0.720. The van der Waals surface area contributed by atoms with Crippen LogP contribution in [0.15, 0.2) is 30.5 Å². The molecule has 1 aromatic rings. The van der Waals surface area contributed by atoms with Gasteiger partial charge in [-0.1, -0.05) is 19.9 Å². The molecule has 0 aliphatic carbocycles. The van der Waals surface area contributed by atoms with Gasteiger partial charge in [-0.3, -0.25) is 14.4 Å². The fourth-order valence-electron chi connectivity index (χ4n) is 2.42. The second kappa shape index (κ2) is 9.67. The van der Waals surface area contributed by atoms with Crippen LogP contribution in [0, 0.1) is 5.92 Å². The Kier molecular flexibility index (Phi) is 7.92. The number of hydrogen-bond acceptors (Lipinski definition) is 5. The monoisotopic (exact) mass is 361 g/mol. The van der Waals surface area contributed by atoms with E-state index in [9.17, 15) is 14.4 Å². The van der Waals surface area contributed by atoms with Crippen LogP contribution in [0.3, 0.4) is 0 Å². The van der Waals surface area contributed by atoms with Gasteiger partial charge in [0.2, 0.25) is 11.8 Å². The van der Waals surface area contributed by atoms with Crippen molar-refractivity contribution in [3.8, 4) is 0 Å². The van der Waals surface area contributed by atoms with Crippen LogP contribution in [0.2, 0.25) is 0 Å². The van der Waals surface area contributed by atoms with Crippen molar-refractivity contribution in [3.05, 3.63) is 36.2 Å². The number of carbonyl (C=O) groups is 3. The fraction of sp³-hybridized carbons (Fsp3) is 0.444. The quantitative estimate of drug-likeness (QED) is 0.663. The Morgan fingerprint density at radius 1 is 1.23 bits per heavy atom. The summed E-state index contributed by atoms with van der Waals surface area (Å²) in [7, 11) is 5.33. The number of carbonyl (C=O) groups excluding carboxylic acids is 3. The van der Waals surface area contributed by atoms with Gasteiger partial charge in [-0.2, -0.15) is 0 Å². The lowest BCUT2D eigenvalue weighted by molar-refractivity contribution is -0.123. The molecule has 26 heavy (non-hydrogen) atoms. The summed E-state index contributed by atoms with van der Waals surface area (Å²) >= 11 is 0. The van der Waals surface area contributed by atoms with E-state index in [1.807, 2.05) is 32.8 Å². The van der Waals surface area contributed by atoms with E-state index >= 15 is 0 Å². The molecule has 1 aromatic heterocycles. The molecular weight excluding hydrogens is 334 g/mol. The molecule has 0 unspecified atom stereocenters. The summed E-state index contributed by atoms with van der Waals surface area (Å²) in [6.07, 6.45) is 4.58. The van der Waals surface area contributed by atoms with Gasteiger partial charge in [0.05, 0.1) is 11.9 Å². The van der Waals surface area contributed by atoms with E-state index in [1.54, 1.807) is 12.1 Å². The van der Waals surface area contributed by atoms with Crippen LogP contribution < -0.4 is 11.1 Å². The summed E-state index contributed by atoms with van der Waals surface area (Å²) in [4.78, 5) is 43.1. The molecule has 0 saturated carbocycles. The zero-order valence-corrected chi connectivity index (χ0v) is 15.9. The zero-order valence-electron chi connectivity index (χ0n) is 15.9. The maximum absolute atomic E-state index is 12.5. The van der Waals surface area contributed by atoms with E-state index in [0.29, 0.717) is 12.2 Å². The summed E-state index contributed by atoms with van der Waals surface area (Å²) < 4.78 is 0. The summed E-state index contributed by atoms with van der Waals surface area (Å²) in [6, 6.07) is 2.36. The molecule has 0 saturated heterocycles. The number of anilines is 1. The second-order valence-corrected chi connectivity index (χ2v) is 6.59. The van der Waals surface area contributed by atoms with Gasteiger partial charge in [0.25, 0.3) is 5.91 Å². The maximum Gasteiger partial charge on any atom is 0.272 e. The molecule has 0 fully saturated rings. The summed E-state index contributed by atoms with van der Waals surface area (Å²) in [5.74, 6) is -1.37. The van der Waals surface area contributed by atoms with Crippen molar-refractivity contribution in [1.29, 1.82) is 0 Å². The topological polar surface area (TPSA) is 109 Å². The molecule has 1 rings (SSSR count). The van der Waals surface area contributed by atoms with Crippen molar-refractivity contribution < 1.29 is 14.4 Å². The van der Waals surface area contributed by atoms with Gasteiger partial charge < -0.3 is 20.9 Å². The highest BCUT2D eigenvalue weighted by Crippen LogP contribution is 2.13. The van der Waals surface area contributed by atoms with E-state index in [0.717, 1.165) is 0 Å². The Morgan fingerprint density at radius 3 is 2.35 bits per heavy atom. The van der Waals surface area contributed by atoms with E-state index in [2.05, 4.69) is 10.3 Å². The highest BCUT2D eigenvalue weighted by Gasteiger charge is 2.29. The fourth-order valence-corrected chi connectivity index (χ4v) is 2.42. The van der Waals surface area contributed by atoms with Crippen molar-refractivity contribution in [2.75, 3.05) is 33.0 Å². The molecule has 0 aliphatic heterocycles. The molecule has 0 aromatic carbocycles. The second-order valence-electron chi connectivity index (χ2n) is 6.59. The summed E-state index contributed by atoms with van der Waals surface area (Å²) in [6.45, 7) is 4.28. The average molecular weight is 361 g/mol. The average Bonchev–Trinajstić information content (AvgIpc) is 2.53. The molecular formula is C18H27N5O3. The smallest absolute Gasteiger partial charge is 0.272 e. The number of nitrogens with zero attached hydrogens (tertiary/aromatic N) is 3. The highest BCUT2D eigenvalue weighted by atomic mass is 16.2. The number of hydrogen-bond donors (Lipinski definition) is 2. The van der Waals surface area contributed by atoms with Crippen molar-refractivity contribution in [2.45, 2.75) is 19.9 Å². The van der Waals surface area contributed by atoms with Gasteiger partial charge in [0.1, 0.15) is 11.7 Å². The Labute approximate surface area is 154 Å². The molecule has 0 aliphatic rings. The minimum Gasteiger partial charge on any atom is -0.368 e. The Hall–Kier alpha value is -2.74. The number of pyridine rings is 1. The van der Waals surface area contributed by atoms with Crippen LogP contribution in [0.1, 0.15) is 24.3 Å². The van der Waals surface area contributed by atoms with E-state index in [4.69, 9.17) is 5.73 Å². The number of amides is 3. The third-order valence-electron chi connectivity index (χ3n) is 3.65. The molecule has 8 heteroatoms. The maximum atomic E-state index is 12.5. The summed E-state index contributed by atoms with van der Waals surface area (Å²) in [5.41, 5.74) is 6.02. The molecule has 8 nitrogen and oxygen atoms in total. The molecule has 0 bridgehead atoms. The van der Waals surface area contributed by atoms with Crippen LogP contribution in [0.4, 0.5) is 5.69 Å². The predicted molar refractivity (Wildman–Crippen MR) is 100 cm³/mol. The molecule has 0 spiro atoms. The van der Waals surface area contributed by atoms with Crippen molar-refractivity contribution >= 4 is 23.4 Å². The minimum atomic E-state index is -0.717. The number of aromatic nitrogens is 1. The van der Waals surface area contributed by atoms with E-state index in [1.165, 1.54) is 30.3 Å². The van der Waals surface area contributed by atoms with Gasteiger partial charge in [-0.05, 0) is 32.1 Å². The van der Waals surface area contributed by atoms with Gasteiger partial charge in [-0.15, -0.1) is 0 Å². The molecule has 3 amide bonds. The van der Waals surface area contributed by atoms with Gasteiger partial charge in [0, 0.05) is 19.7 Å². The van der Waals surface area contributed by atoms with Crippen LogP contribution in [0.5, 0.6) is 0 Å². The SMILES string of the molecule is CC(C)[C@@H](C(N)=O)N(C)C(=O)c1ccc(NC(=O)/C=C/CN(C)C)cn1. The van der Waals surface area contributed by atoms with Gasteiger partial charge in [0.15, 0.2) is 0 Å². The first kappa shape index (κ1) is 21.3. The van der Waals surface area contributed by atoms with Crippen LogP contribution in [-0.4, -0.2) is 66.2 Å². The highest BCUT2D eigenvalue weighted by molar-refractivity contribution is 6.00. The molecule has 0 radical (unpaired) electrons. The lowest BCUT2D eigenvalue weighted by Crippen LogP contribution is -2.48. The van der Waals surface area contributed by atoms with E-state index < -0.39 is 17.9 Å². The van der Waals surface area contributed by atoms with Crippen LogP contribution in [-0.2, 0) is 9.59 Å². The normalized spacial score (nSPS) is 12.4. The third-order valence-corrected chi connectivity index (χ3v) is 3.65. The van der Waals surface area contributed by atoms with Crippen molar-refractivity contribution in [2.24, 2.45) is 11.7 Å². The molecule has 3 N–H and O–H groups in total. The first-order valence-corrected chi connectivity index (χ1v) is 8.28. The first-order valence-electron chi connectivity index (χ1n) is 8.28. The largest absolute Gasteiger partial charge is 0.368 e. The van der Waals surface area contributed by atoms with Gasteiger partial charge >= 0.3 is 0 Å². The van der Waals surface area contributed by atoms with Gasteiger partial charge in [-0.25, -0.2) is 4.98 Å². The zero-order chi connectivity index (χ0) is 19.9. The number of likely N-dealkylation sites (N-methyl/N-ethyl adjacent to an activating group) is 2. The van der Waals surface area contributed by atoms with Crippen molar-refractivity contribution in [1.82, 2.24) is 14.8 Å². The summed E-state index contributed by atoms with van der Waals surface area (Å²) in [5, 5.41) is 2.66. The number of primary amides is 1. The van der Waals surface area contributed by atoms with Crippen LogP contribution >= 0.6 is 0 Å². The lowest BCUT2D eigenvalue weighted by Gasteiger charge is -2.28. The molecule has 142 valence electrons. The Bertz CT molecular complexity index is 668. The molecule has 1 atom stereocenters. The van der Waals surface area contributed by atoms with Crippen molar-refractivity contribution in [3.63, 3.8) is 0 Å². The third kappa shape index (κ3) is 6.29. The number of nitrogens with two attached hydrogens (primary N) is 1. The van der Waals surface area contributed by atoms with Crippen LogP contribution in [0.25, 0.3) is 0 Å². The van der Waals surface area contributed by atoms with E-state index in [-0.39, 0.29) is 17.5 Å². The Balaban J connectivity index is 2.77. The number of rotatable bonds is 8. The molecule has 1 heterocycles. The standard InChI is InChI=1S/C18H27N5O3/c1-12(2)16(17(19)25)23(5)18(26)14-9-8-13(11-20-14)21-15(24)7-6-10-22(3)4/h6-9,11-12,16H,10H2,1-5H3,(H2,19,25)(H,21,24)/b7-6+/t16-/m0/s1. The number of nitrogens with one attached hydrogen (secondary N) is 1. The first-order chi connectivity index (χ1) is 12.1. The Morgan fingerprint density at radius 2 is 1.88 bits per heavy atom. The minimum absolute atomic E-state index is 0.117. The lowest BCUT2D eigenvalue weighted by atomic mass is 10.0.